The van der Waals surface area contributed by atoms with Crippen molar-refractivity contribution < 1.29 is 4.79 Å². The van der Waals surface area contributed by atoms with Gasteiger partial charge in [-0.2, -0.15) is 0 Å². The molecule has 0 aromatic carbocycles. The quantitative estimate of drug-likeness (QED) is 0.521. The highest BCUT2D eigenvalue weighted by Gasteiger charge is 2.61. The minimum absolute atomic E-state index is 0.271. The van der Waals surface area contributed by atoms with E-state index in [4.69, 9.17) is 0 Å². The average molecular weight is 427 g/mol. The Hall–Kier alpha value is -1.09. The Morgan fingerprint density at radius 3 is 2.32 bits per heavy atom. The summed E-state index contributed by atoms with van der Waals surface area (Å²) in [4.78, 5) is 15.9. The van der Waals surface area contributed by atoms with Crippen LogP contribution in [-0.4, -0.2) is 49.4 Å². The van der Waals surface area contributed by atoms with Crippen LogP contribution in [0.4, 0.5) is 0 Å². The van der Waals surface area contributed by atoms with Crippen LogP contribution in [0.25, 0.3) is 0 Å². The normalized spacial score (nSPS) is 42.5. The largest absolute Gasteiger partial charge is 0.345 e. The third-order valence-electron chi connectivity index (χ3n) is 11.1. The van der Waals surface area contributed by atoms with Gasteiger partial charge < -0.3 is 9.80 Å². The fraction of sp³-hybridized carbons (Fsp3) is 0.821. The van der Waals surface area contributed by atoms with Crippen LogP contribution in [0.2, 0.25) is 0 Å². The molecule has 0 radical (unpaired) electrons. The van der Waals surface area contributed by atoms with E-state index in [2.05, 4.69) is 65.8 Å². The van der Waals surface area contributed by atoms with E-state index >= 15 is 0 Å². The van der Waals surface area contributed by atoms with Gasteiger partial charge in [-0.15, -0.1) is 0 Å². The molecule has 0 saturated heterocycles. The number of hydrogen-bond donors (Lipinski definition) is 0. The molecule has 0 aromatic heterocycles. The lowest BCUT2D eigenvalue weighted by atomic mass is 9.51. The summed E-state index contributed by atoms with van der Waals surface area (Å²) in [7, 11) is 6.50. The molecule has 0 bridgehead atoms. The third kappa shape index (κ3) is 3.28. The number of allylic oxidation sites excluding steroid dienone is 4. The zero-order valence-corrected chi connectivity index (χ0v) is 21.4. The predicted octanol–water partition coefficient (Wildman–Crippen LogP) is 5.92. The third-order valence-corrected chi connectivity index (χ3v) is 11.1. The van der Waals surface area contributed by atoms with Crippen molar-refractivity contribution in [2.45, 2.75) is 91.6 Å². The van der Waals surface area contributed by atoms with Gasteiger partial charge in [0.1, 0.15) is 0 Å². The van der Waals surface area contributed by atoms with Crippen molar-refractivity contribution in [1.82, 2.24) is 9.80 Å². The van der Waals surface area contributed by atoms with Crippen LogP contribution < -0.4 is 0 Å². The van der Waals surface area contributed by atoms with Crippen LogP contribution in [0.5, 0.6) is 0 Å². The Labute approximate surface area is 191 Å². The SMILES string of the molecule is CC(C1CCC2(C)C3CCC4C(=CC3=CCC12C)CCC(N(C)C)C4(C)C)N(C)C=O. The molecule has 3 heteroatoms. The van der Waals surface area contributed by atoms with E-state index in [1.54, 1.807) is 11.1 Å². The summed E-state index contributed by atoms with van der Waals surface area (Å²) in [5.74, 6) is 1.95. The maximum atomic E-state index is 11.5. The van der Waals surface area contributed by atoms with E-state index < -0.39 is 0 Å². The van der Waals surface area contributed by atoms with Crippen LogP contribution in [0.3, 0.4) is 0 Å². The summed E-state index contributed by atoms with van der Waals surface area (Å²) in [5, 5.41) is 0. The van der Waals surface area contributed by atoms with E-state index in [0.717, 1.165) is 12.8 Å². The topological polar surface area (TPSA) is 23.6 Å². The molecule has 0 N–H and O–H groups in total. The van der Waals surface area contributed by atoms with E-state index in [1.807, 2.05) is 11.9 Å². The Balaban J connectivity index is 1.66. The second kappa shape index (κ2) is 7.75. The van der Waals surface area contributed by atoms with E-state index in [0.29, 0.717) is 40.7 Å². The number of rotatable bonds is 4. The van der Waals surface area contributed by atoms with Gasteiger partial charge in [0.15, 0.2) is 0 Å². The summed E-state index contributed by atoms with van der Waals surface area (Å²) in [6.45, 7) is 12.5. The van der Waals surface area contributed by atoms with Crippen LogP contribution >= 0.6 is 0 Å². The number of carbonyl (C=O) groups is 1. The van der Waals surface area contributed by atoms with Gasteiger partial charge in [0.2, 0.25) is 6.41 Å². The molecule has 0 aliphatic heterocycles. The molecule has 3 nitrogen and oxygen atoms in total. The molecule has 4 rings (SSSR count). The number of hydrogen-bond acceptors (Lipinski definition) is 2. The zero-order chi connectivity index (χ0) is 22.8. The Morgan fingerprint density at radius 1 is 1.00 bits per heavy atom. The fourth-order valence-electron chi connectivity index (χ4n) is 8.84. The van der Waals surface area contributed by atoms with E-state index in [1.165, 1.54) is 38.5 Å². The lowest BCUT2D eigenvalue weighted by Gasteiger charge is -2.54. The highest BCUT2D eigenvalue weighted by molar-refractivity contribution is 5.47. The van der Waals surface area contributed by atoms with Gasteiger partial charge in [0.05, 0.1) is 0 Å². The van der Waals surface area contributed by atoms with Gasteiger partial charge in [-0.3, -0.25) is 4.79 Å². The summed E-state index contributed by atoms with van der Waals surface area (Å²) < 4.78 is 0. The van der Waals surface area contributed by atoms with Crippen LogP contribution in [0.15, 0.2) is 23.3 Å². The van der Waals surface area contributed by atoms with Gasteiger partial charge in [0.25, 0.3) is 0 Å². The van der Waals surface area contributed by atoms with Gasteiger partial charge in [-0.1, -0.05) is 45.4 Å². The summed E-state index contributed by atoms with van der Waals surface area (Å²) in [6.07, 6.45) is 15.2. The van der Waals surface area contributed by atoms with Crippen LogP contribution in [0.1, 0.15) is 79.6 Å². The van der Waals surface area contributed by atoms with Crippen molar-refractivity contribution in [3.05, 3.63) is 23.3 Å². The minimum Gasteiger partial charge on any atom is -0.345 e. The first kappa shape index (κ1) is 23.1. The van der Waals surface area contributed by atoms with Gasteiger partial charge in [0, 0.05) is 19.1 Å². The van der Waals surface area contributed by atoms with Crippen molar-refractivity contribution in [1.29, 1.82) is 0 Å². The molecule has 0 aromatic rings. The summed E-state index contributed by atoms with van der Waals surface area (Å²) in [5.41, 5.74) is 4.30. The van der Waals surface area contributed by atoms with Gasteiger partial charge >= 0.3 is 0 Å². The Kier molecular flexibility index (Phi) is 5.77. The summed E-state index contributed by atoms with van der Waals surface area (Å²) >= 11 is 0. The maximum absolute atomic E-state index is 11.5. The lowest BCUT2D eigenvalue weighted by Crippen LogP contribution is -2.50. The van der Waals surface area contributed by atoms with Gasteiger partial charge in [-0.25, -0.2) is 0 Å². The lowest BCUT2D eigenvalue weighted by molar-refractivity contribution is -0.121. The second-order valence-electron chi connectivity index (χ2n) is 12.6. The van der Waals surface area contributed by atoms with Crippen molar-refractivity contribution in [3.8, 4) is 0 Å². The van der Waals surface area contributed by atoms with Crippen molar-refractivity contribution in [2.75, 3.05) is 21.1 Å². The summed E-state index contributed by atoms with van der Waals surface area (Å²) in [6, 6.07) is 0.978. The molecular formula is C28H46N2O. The Bertz CT molecular complexity index is 780. The van der Waals surface area contributed by atoms with E-state index in [9.17, 15) is 4.79 Å². The predicted molar refractivity (Wildman–Crippen MR) is 130 cm³/mol. The van der Waals surface area contributed by atoms with Crippen molar-refractivity contribution >= 4 is 6.41 Å². The molecule has 2 saturated carbocycles. The van der Waals surface area contributed by atoms with Crippen molar-refractivity contribution in [3.63, 3.8) is 0 Å². The zero-order valence-electron chi connectivity index (χ0n) is 21.4. The van der Waals surface area contributed by atoms with Crippen LogP contribution in [0, 0.1) is 34.0 Å². The molecule has 4 aliphatic carbocycles. The first-order valence-electron chi connectivity index (χ1n) is 12.7. The smallest absolute Gasteiger partial charge is 0.209 e. The number of amides is 1. The minimum atomic E-state index is 0.271. The molecule has 7 atom stereocenters. The fourth-order valence-corrected chi connectivity index (χ4v) is 8.84. The standard InChI is InChI=1S/C28H46N2O/c1-19(30(8)18-31)22-14-16-28(5)24-11-10-23-20(17-21(24)13-15-27(22,28)4)9-12-25(29(6)7)26(23,2)3/h13,17-19,22-25H,9-12,14-16H2,1-8H3. The van der Waals surface area contributed by atoms with Crippen LogP contribution in [-0.2, 0) is 4.79 Å². The Morgan fingerprint density at radius 2 is 1.68 bits per heavy atom. The monoisotopic (exact) mass is 426 g/mol. The molecule has 7 unspecified atom stereocenters. The second-order valence-corrected chi connectivity index (χ2v) is 12.6. The molecule has 31 heavy (non-hydrogen) atoms. The number of fused-ring (bicyclic) bond motifs is 4. The highest BCUT2D eigenvalue weighted by Crippen LogP contribution is 2.68. The molecule has 0 heterocycles. The maximum Gasteiger partial charge on any atom is 0.209 e. The number of nitrogens with zero attached hydrogens (tertiary/aromatic N) is 2. The first-order chi connectivity index (χ1) is 14.5. The average Bonchev–Trinajstić information content (AvgIpc) is 2.86. The van der Waals surface area contributed by atoms with E-state index in [-0.39, 0.29) is 5.41 Å². The highest BCUT2D eigenvalue weighted by atomic mass is 16.1. The molecule has 2 fully saturated rings. The molecular weight excluding hydrogens is 380 g/mol. The van der Waals surface area contributed by atoms with Crippen molar-refractivity contribution in [2.24, 2.45) is 34.0 Å². The molecule has 4 aliphatic rings. The molecule has 174 valence electrons. The molecule has 0 spiro atoms. The molecule has 1 amide bonds. The number of carbonyl (C=O) groups excluding carboxylic acids is 1. The van der Waals surface area contributed by atoms with Gasteiger partial charge in [-0.05, 0) is 106 Å². The first-order valence-corrected chi connectivity index (χ1v) is 12.7.